The second kappa shape index (κ2) is 6.36. The monoisotopic (exact) mass is 262 g/mol. The molecule has 2 rings (SSSR count). The molecule has 0 saturated heterocycles. The van der Waals surface area contributed by atoms with Gasteiger partial charge in [0.1, 0.15) is 5.75 Å². The van der Waals surface area contributed by atoms with E-state index in [1.165, 1.54) is 7.11 Å². The van der Waals surface area contributed by atoms with Crippen LogP contribution in [0.25, 0.3) is 0 Å². The third kappa shape index (κ3) is 3.56. The van der Waals surface area contributed by atoms with E-state index in [4.69, 9.17) is 4.74 Å². The lowest BCUT2D eigenvalue weighted by molar-refractivity contribution is -0.140. The van der Waals surface area contributed by atoms with Gasteiger partial charge in [-0.2, -0.15) is 0 Å². The molecule has 0 fully saturated rings. The Morgan fingerprint density at radius 1 is 1.26 bits per heavy atom. The Bertz CT molecular complexity index is 479. The van der Waals surface area contributed by atoms with Crippen LogP contribution in [0, 0.1) is 0 Å². The van der Waals surface area contributed by atoms with Crippen molar-refractivity contribution in [2.75, 3.05) is 13.7 Å². The van der Waals surface area contributed by atoms with Crippen molar-refractivity contribution in [1.82, 2.24) is 0 Å². The van der Waals surface area contributed by atoms with Gasteiger partial charge in [-0.05, 0) is 36.6 Å². The Morgan fingerprint density at radius 3 is 2.84 bits per heavy atom. The van der Waals surface area contributed by atoms with Crippen molar-refractivity contribution < 1.29 is 19.1 Å². The Morgan fingerprint density at radius 2 is 2.05 bits per heavy atom. The van der Waals surface area contributed by atoms with Crippen molar-refractivity contribution in [3.05, 3.63) is 29.3 Å². The number of fused-ring (bicyclic) bond motifs is 1. The molecule has 4 nitrogen and oxygen atoms in total. The first-order valence-corrected chi connectivity index (χ1v) is 6.56. The Kier molecular flexibility index (Phi) is 4.55. The van der Waals surface area contributed by atoms with Crippen molar-refractivity contribution in [2.24, 2.45) is 0 Å². The van der Waals surface area contributed by atoms with Gasteiger partial charge >= 0.3 is 5.97 Å². The minimum Gasteiger partial charge on any atom is -0.493 e. The lowest BCUT2D eigenvalue weighted by Gasteiger charge is -2.04. The summed E-state index contributed by atoms with van der Waals surface area (Å²) in [6.07, 6.45) is 3.12. The van der Waals surface area contributed by atoms with E-state index < -0.39 is 0 Å². The second-order valence-corrected chi connectivity index (χ2v) is 4.63. The van der Waals surface area contributed by atoms with Crippen molar-refractivity contribution >= 4 is 11.8 Å². The van der Waals surface area contributed by atoms with Gasteiger partial charge in [0.25, 0.3) is 0 Å². The van der Waals surface area contributed by atoms with E-state index >= 15 is 0 Å². The highest BCUT2D eigenvalue weighted by Gasteiger charge is 2.14. The second-order valence-electron chi connectivity index (χ2n) is 4.63. The molecule has 0 amide bonds. The number of Topliss-reactive ketones (excluding diaryl/α,β-unsaturated/α-hetero) is 1. The summed E-state index contributed by atoms with van der Waals surface area (Å²) in [5.41, 5.74) is 1.85. The SMILES string of the molecule is COC(=O)CCCCC(=O)c1ccc2c(c1)CCO2. The molecule has 1 aliphatic heterocycles. The number of unbranched alkanes of at least 4 members (excludes halogenated alkanes) is 1. The predicted molar refractivity (Wildman–Crippen MR) is 70.5 cm³/mol. The summed E-state index contributed by atoms with van der Waals surface area (Å²) in [7, 11) is 1.38. The Balaban J connectivity index is 1.82. The minimum absolute atomic E-state index is 0.125. The van der Waals surface area contributed by atoms with Gasteiger partial charge in [0.2, 0.25) is 0 Å². The van der Waals surface area contributed by atoms with Crippen LogP contribution >= 0.6 is 0 Å². The van der Waals surface area contributed by atoms with Crippen molar-refractivity contribution in [2.45, 2.75) is 32.1 Å². The van der Waals surface area contributed by atoms with Gasteiger partial charge in [0.15, 0.2) is 5.78 Å². The highest BCUT2D eigenvalue weighted by atomic mass is 16.5. The fourth-order valence-corrected chi connectivity index (χ4v) is 2.16. The largest absolute Gasteiger partial charge is 0.493 e. The zero-order valence-corrected chi connectivity index (χ0v) is 11.1. The van der Waals surface area contributed by atoms with Crippen LogP contribution in [0.5, 0.6) is 5.75 Å². The molecule has 1 aliphatic rings. The zero-order valence-electron chi connectivity index (χ0n) is 11.1. The minimum atomic E-state index is -0.220. The van der Waals surface area contributed by atoms with E-state index in [1.807, 2.05) is 18.2 Å². The summed E-state index contributed by atoms with van der Waals surface area (Å²) < 4.78 is 9.96. The highest BCUT2D eigenvalue weighted by Crippen LogP contribution is 2.26. The van der Waals surface area contributed by atoms with Crippen LogP contribution in [0.15, 0.2) is 18.2 Å². The molecule has 19 heavy (non-hydrogen) atoms. The number of ketones is 1. The third-order valence-electron chi connectivity index (χ3n) is 3.27. The average molecular weight is 262 g/mol. The highest BCUT2D eigenvalue weighted by molar-refractivity contribution is 5.96. The van der Waals surface area contributed by atoms with Crippen molar-refractivity contribution in [3.63, 3.8) is 0 Å². The van der Waals surface area contributed by atoms with Crippen LogP contribution in [0.3, 0.4) is 0 Å². The van der Waals surface area contributed by atoms with Crippen LogP contribution < -0.4 is 4.74 Å². The Hall–Kier alpha value is -1.84. The predicted octanol–water partition coefficient (Wildman–Crippen LogP) is 2.54. The van der Waals surface area contributed by atoms with E-state index in [2.05, 4.69) is 4.74 Å². The Labute approximate surface area is 112 Å². The van der Waals surface area contributed by atoms with Gasteiger partial charge in [-0.15, -0.1) is 0 Å². The summed E-state index contributed by atoms with van der Waals surface area (Å²) in [6, 6.07) is 5.60. The number of rotatable bonds is 6. The van der Waals surface area contributed by atoms with Crippen molar-refractivity contribution in [3.8, 4) is 5.75 Å². The van der Waals surface area contributed by atoms with Crippen LogP contribution in [-0.4, -0.2) is 25.5 Å². The molecule has 4 heteroatoms. The molecule has 0 saturated carbocycles. The van der Waals surface area contributed by atoms with Crippen LogP contribution in [0.2, 0.25) is 0 Å². The summed E-state index contributed by atoms with van der Waals surface area (Å²) in [5.74, 6) is 0.795. The number of esters is 1. The summed E-state index contributed by atoms with van der Waals surface area (Å²) in [4.78, 5) is 22.9. The van der Waals surface area contributed by atoms with Gasteiger partial charge < -0.3 is 9.47 Å². The lowest BCUT2D eigenvalue weighted by Crippen LogP contribution is -2.02. The number of carbonyl (C=O) groups excluding carboxylic acids is 2. The third-order valence-corrected chi connectivity index (χ3v) is 3.27. The summed E-state index contributed by atoms with van der Waals surface area (Å²) in [6.45, 7) is 0.701. The molecule has 0 bridgehead atoms. The summed E-state index contributed by atoms with van der Waals surface area (Å²) >= 11 is 0. The number of hydrogen-bond acceptors (Lipinski definition) is 4. The van der Waals surface area contributed by atoms with Gasteiger partial charge in [0, 0.05) is 24.8 Å². The van der Waals surface area contributed by atoms with Gasteiger partial charge in [-0.3, -0.25) is 9.59 Å². The smallest absolute Gasteiger partial charge is 0.305 e. The number of hydrogen-bond donors (Lipinski definition) is 0. The molecule has 0 radical (unpaired) electrons. The summed E-state index contributed by atoms with van der Waals surface area (Å²) in [5, 5.41) is 0. The molecule has 102 valence electrons. The van der Waals surface area contributed by atoms with E-state index in [0.29, 0.717) is 32.3 Å². The quantitative estimate of drug-likeness (QED) is 0.449. The maximum Gasteiger partial charge on any atom is 0.305 e. The topological polar surface area (TPSA) is 52.6 Å². The van der Waals surface area contributed by atoms with Gasteiger partial charge in [-0.1, -0.05) is 0 Å². The number of methoxy groups -OCH3 is 1. The number of carbonyl (C=O) groups is 2. The molecular formula is C15H18O4. The molecule has 0 atom stereocenters. The normalized spacial score (nSPS) is 12.7. The number of ether oxygens (including phenoxy) is 2. The zero-order chi connectivity index (χ0) is 13.7. The van der Waals surface area contributed by atoms with Crippen LogP contribution in [0.1, 0.15) is 41.6 Å². The average Bonchev–Trinajstić information content (AvgIpc) is 2.90. The van der Waals surface area contributed by atoms with Crippen LogP contribution in [0.4, 0.5) is 0 Å². The molecular weight excluding hydrogens is 244 g/mol. The molecule has 1 aromatic rings. The maximum absolute atomic E-state index is 12.0. The molecule has 1 heterocycles. The standard InChI is InChI=1S/C15H18O4/c1-18-15(17)5-3-2-4-13(16)11-6-7-14-12(10-11)8-9-19-14/h6-7,10H,2-5,8-9H2,1H3. The molecule has 0 spiro atoms. The van der Waals surface area contributed by atoms with E-state index in [1.54, 1.807) is 0 Å². The lowest BCUT2D eigenvalue weighted by atomic mass is 10.0. The molecule has 1 aromatic carbocycles. The molecule has 0 N–H and O–H groups in total. The fraction of sp³-hybridized carbons (Fsp3) is 0.467. The first-order valence-electron chi connectivity index (χ1n) is 6.56. The first-order chi connectivity index (χ1) is 9.20. The molecule has 0 aromatic heterocycles. The molecule has 0 unspecified atom stereocenters. The van der Waals surface area contributed by atoms with Gasteiger partial charge in [-0.25, -0.2) is 0 Å². The van der Waals surface area contributed by atoms with Crippen LogP contribution in [-0.2, 0) is 16.0 Å². The molecule has 0 aliphatic carbocycles. The first kappa shape index (κ1) is 13.6. The number of benzene rings is 1. The maximum atomic E-state index is 12.0. The van der Waals surface area contributed by atoms with E-state index in [-0.39, 0.29) is 11.8 Å². The van der Waals surface area contributed by atoms with E-state index in [0.717, 1.165) is 23.3 Å². The fourth-order valence-electron chi connectivity index (χ4n) is 2.16. The van der Waals surface area contributed by atoms with E-state index in [9.17, 15) is 9.59 Å². The van der Waals surface area contributed by atoms with Crippen molar-refractivity contribution in [1.29, 1.82) is 0 Å². The van der Waals surface area contributed by atoms with Gasteiger partial charge in [0.05, 0.1) is 13.7 Å².